The largest absolute Gasteiger partial charge is 0.326 e. The lowest BCUT2D eigenvalue weighted by atomic mass is 10.1. The molecule has 9 heteroatoms. The van der Waals surface area contributed by atoms with Gasteiger partial charge in [-0.2, -0.15) is 0 Å². The first kappa shape index (κ1) is 23.8. The van der Waals surface area contributed by atoms with Crippen LogP contribution in [0.3, 0.4) is 0 Å². The lowest BCUT2D eigenvalue weighted by Crippen LogP contribution is -2.18. The number of amides is 2. The summed E-state index contributed by atoms with van der Waals surface area (Å²) >= 11 is 7.41. The quantitative estimate of drug-likeness (QED) is 0.440. The number of hydrogen-bond donors (Lipinski definition) is 2. The molecule has 3 rings (SSSR count). The Morgan fingerprint density at radius 2 is 1.69 bits per heavy atom. The van der Waals surface area contributed by atoms with Gasteiger partial charge in [-0.25, -0.2) is 0 Å². The number of carbonyl (C=O) groups excluding carboxylic acids is 2. The summed E-state index contributed by atoms with van der Waals surface area (Å²) in [5, 5.41) is 15.2. The van der Waals surface area contributed by atoms with Crippen LogP contribution < -0.4 is 10.6 Å². The Hall–Kier alpha value is -2.84. The second kappa shape index (κ2) is 11.2. The molecule has 1 aromatic heterocycles. The maximum absolute atomic E-state index is 12.5. The van der Waals surface area contributed by atoms with Gasteiger partial charge in [0.05, 0.1) is 12.2 Å². The number of nitrogens with one attached hydrogen (secondary N) is 2. The van der Waals surface area contributed by atoms with Gasteiger partial charge in [0.2, 0.25) is 11.8 Å². The van der Waals surface area contributed by atoms with Crippen molar-refractivity contribution in [1.82, 2.24) is 14.8 Å². The normalized spacial score (nSPS) is 10.8. The molecule has 168 valence electrons. The summed E-state index contributed by atoms with van der Waals surface area (Å²) in [5.74, 6) is 0.403. The van der Waals surface area contributed by atoms with Crippen LogP contribution in [0.5, 0.6) is 0 Å². The molecule has 3 aromatic rings. The molecule has 0 saturated carbocycles. The van der Waals surface area contributed by atoms with Crippen LogP contribution >= 0.6 is 23.4 Å². The predicted molar refractivity (Wildman–Crippen MR) is 129 cm³/mol. The molecular weight excluding hydrogens is 446 g/mol. The maximum Gasteiger partial charge on any atom is 0.234 e. The molecule has 1 heterocycles. The SMILES string of the molecule is CCc1ccc(NC(=O)CSc2nnc(CC(=O)Nc3ccc(C)c(Cl)c3)n2CC)cc1. The smallest absolute Gasteiger partial charge is 0.234 e. The molecule has 0 unspecified atom stereocenters. The number of rotatable bonds is 9. The molecule has 0 saturated heterocycles. The van der Waals surface area contributed by atoms with Gasteiger partial charge in [-0.05, 0) is 55.7 Å². The van der Waals surface area contributed by atoms with Gasteiger partial charge in [0, 0.05) is 22.9 Å². The van der Waals surface area contributed by atoms with Crippen molar-refractivity contribution in [2.24, 2.45) is 0 Å². The fraction of sp³-hybridized carbons (Fsp3) is 0.304. The number of anilines is 2. The summed E-state index contributed by atoms with van der Waals surface area (Å²) in [6.07, 6.45) is 1.03. The maximum atomic E-state index is 12.5. The van der Waals surface area contributed by atoms with E-state index in [0.29, 0.717) is 28.2 Å². The van der Waals surface area contributed by atoms with Gasteiger partial charge < -0.3 is 15.2 Å². The number of aryl methyl sites for hydroxylation is 2. The molecule has 0 radical (unpaired) electrons. The van der Waals surface area contributed by atoms with E-state index in [9.17, 15) is 9.59 Å². The van der Waals surface area contributed by atoms with Gasteiger partial charge in [-0.3, -0.25) is 9.59 Å². The summed E-state index contributed by atoms with van der Waals surface area (Å²) in [6.45, 7) is 6.53. The van der Waals surface area contributed by atoms with E-state index in [1.54, 1.807) is 12.1 Å². The average Bonchev–Trinajstić information content (AvgIpc) is 3.16. The van der Waals surface area contributed by atoms with Crippen LogP contribution in [0, 0.1) is 6.92 Å². The highest BCUT2D eigenvalue weighted by Crippen LogP contribution is 2.21. The molecular formula is C23H26ClN5O2S. The van der Waals surface area contributed by atoms with Crippen molar-refractivity contribution >= 4 is 46.6 Å². The Kier molecular flexibility index (Phi) is 8.30. The molecule has 0 aliphatic rings. The minimum atomic E-state index is -0.211. The Morgan fingerprint density at radius 1 is 1.00 bits per heavy atom. The third kappa shape index (κ3) is 6.34. The topological polar surface area (TPSA) is 88.9 Å². The first-order valence-electron chi connectivity index (χ1n) is 10.4. The van der Waals surface area contributed by atoms with Crippen LogP contribution in [0.15, 0.2) is 47.6 Å². The van der Waals surface area contributed by atoms with Crippen LogP contribution in [0.2, 0.25) is 5.02 Å². The second-order valence-electron chi connectivity index (χ2n) is 7.22. The second-order valence-corrected chi connectivity index (χ2v) is 8.57. The van der Waals surface area contributed by atoms with Gasteiger partial charge in [-0.1, -0.05) is 48.5 Å². The summed E-state index contributed by atoms with van der Waals surface area (Å²) in [4.78, 5) is 24.8. The predicted octanol–water partition coefficient (Wildman–Crippen LogP) is 4.73. The molecule has 0 bridgehead atoms. The third-order valence-corrected chi connectivity index (χ3v) is 6.24. The van der Waals surface area contributed by atoms with Crippen LogP contribution in [0.1, 0.15) is 30.8 Å². The van der Waals surface area contributed by atoms with Crippen molar-refractivity contribution in [1.29, 1.82) is 0 Å². The molecule has 7 nitrogen and oxygen atoms in total. The summed E-state index contributed by atoms with van der Waals surface area (Å²) < 4.78 is 1.84. The molecule has 0 aliphatic heterocycles. The van der Waals surface area contributed by atoms with Gasteiger partial charge in [0.25, 0.3) is 0 Å². The third-order valence-electron chi connectivity index (χ3n) is 4.86. The summed E-state index contributed by atoms with van der Waals surface area (Å²) in [6, 6.07) is 13.2. The first-order valence-corrected chi connectivity index (χ1v) is 11.8. The van der Waals surface area contributed by atoms with E-state index in [1.165, 1.54) is 17.3 Å². The first-order chi connectivity index (χ1) is 15.4. The Bertz CT molecular complexity index is 1100. The molecule has 0 spiro atoms. The van der Waals surface area contributed by atoms with Gasteiger partial charge in [0.1, 0.15) is 5.82 Å². The van der Waals surface area contributed by atoms with E-state index in [0.717, 1.165) is 17.7 Å². The minimum absolute atomic E-state index is 0.0723. The molecule has 2 N–H and O–H groups in total. The van der Waals surface area contributed by atoms with Gasteiger partial charge >= 0.3 is 0 Å². The highest BCUT2D eigenvalue weighted by atomic mass is 35.5. The molecule has 2 aromatic carbocycles. The van der Waals surface area contributed by atoms with Crippen molar-refractivity contribution in [3.63, 3.8) is 0 Å². The summed E-state index contributed by atoms with van der Waals surface area (Å²) in [7, 11) is 0. The van der Waals surface area contributed by atoms with Crippen molar-refractivity contribution in [2.75, 3.05) is 16.4 Å². The molecule has 2 amide bonds. The van der Waals surface area contributed by atoms with E-state index in [1.807, 2.05) is 48.7 Å². The lowest BCUT2D eigenvalue weighted by Gasteiger charge is -2.09. The zero-order chi connectivity index (χ0) is 23.1. The number of carbonyl (C=O) groups is 2. The molecule has 32 heavy (non-hydrogen) atoms. The van der Waals surface area contributed by atoms with E-state index < -0.39 is 0 Å². The van der Waals surface area contributed by atoms with Crippen LogP contribution in [0.4, 0.5) is 11.4 Å². The number of nitrogens with zero attached hydrogens (tertiary/aromatic N) is 3. The van der Waals surface area contributed by atoms with Crippen molar-refractivity contribution < 1.29 is 9.59 Å². The molecule has 0 atom stereocenters. The number of thioether (sulfide) groups is 1. The molecule has 0 aliphatic carbocycles. The van der Waals surface area contributed by atoms with E-state index in [2.05, 4.69) is 27.8 Å². The highest BCUT2D eigenvalue weighted by molar-refractivity contribution is 7.99. The fourth-order valence-corrected chi connectivity index (χ4v) is 4.05. The van der Waals surface area contributed by atoms with Crippen molar-refractivity contribution in [2.45, 2.75) is 45.3 Å². The zero-order valence-corrected chi connectivity index (χ0v) is 19.9. The van der Waals surface area contributed by atoms with Crippen LogP contribution in [-0.4, -0.2) is 32.3 Å². The number of halogens is 1. The van der Waals surface area contributed by atoms with Crippen molar-refractivity contribution in [3.8, 4) is 0 Å². The fourth-order valence-electron chi connectivity index (χ4n) is 3.04. The highest BCUT2D eigenvalue weighted by Gasteiger charge is 2.16. The monoisotopic (exact) mass is 471 g/mol. The van der Waals surface area contributed by atoms with E-state index in [-0.39, 0.29) is 24.0 Å². The number of benzene rings is 2. The standard InChI is InChI=1S/C23H26ClN5O2S/c1-4-16-7-10-17(11-8-16)25-22(31)14-32-23-28-27-20(29(23)5-2)13-21(30)26-18-9-6-15(3)19(24)12-18/h6-12H,4-5,13-14H2,1-3H3,(H,25,31)(H,26,30). The summed E-state index contributed by atoms with van der Waals surface area (Å²) in [5.41, 5.74) is 3.55. The van der Waals surface area contributed by atoms with Crippen LogP contribution in [-0.2, 0) is 29.0 Å². The number of hydrogen-bond acceptors (Lipinski definition) is 5. The Labute approximate surface area is 197 Å². The molecule has 0 fully saturated rings. The number of aromatic nitrogens is 3. The minimum Gasteiger partial charge on any atom is -0.326 e. The van der Waals surface area contributed by atoms with E-state index >= 15 is 0 Å². The Balaban J connectivity index is 1.56. The van der Waals surface area contributed by atoms with Gasteiger partial charge in [-0.15, -0.1) is 10.2 Å². The zero-order valence-electron chi connectivity index (χ0n) is 18.3. The lowest BCUT2D eigenvalue weighted by molar-refractivity contribution is -0.116. The average molecular weight is 472 g/mol. The van der Waals surface area contributed by atoms with E-state index in [4.69, 9.17) is 11.6 Å². The Morgan fingerprint density at radius 3 is 2.34 bits per heavy atom. The van der Waals surface area contributed by atoms with Crippen molar-refractivity contribution in [3.05, 3.63) is 64.4 Å². The van der Waals surface area contributed by atoms with Gasteiger partial charge in [0.15, 0.2) is 5.16 Å². The van der Waals surface area contributed by atoms with Crippen LogP contribution in [0.25, 0.3) is 0 Å².